The van der Waals surface area contributed by atoms with Crippen molar-refractivity contribution < 1.29 is 4.79 Å². The molecule has 0 radical (unpaired) electrons. The molecule has 3 rings (SSSR count). The van der Waals surface area contributed by atoms with Crippen molar-refractivity contribution in [1.82, 2.24) is 4.98 Å². The lowest BCUT2D eigenvalue weighted by molar-refractivity contribution is 0.102. The van der Waals surface area contributed by atoms with Crippen molar-refractivity contribution in [3.05, 3.63) is 83.0 Å². The Morgan fingerprint density at radius 1 is 1.07 bits per heavy atom. The number of rotatable bonds is 4. The van der Waals surface area contributed by atoms with Gasteiger partial charge in [-0.05, 0) is 55.8 Å². The van der Waals surface area contributed by atoms with Gasteiger partial charge in [0.25, 0.3) is 5.91 Å². The van der Waals surface area contributed by atoms with Gasteiger partial charge in [-0.3, -0.25) is 9.78 Å². The molecule has 0 saturated heterocycles. The lowest BCUT2D eigenvalue weighted by Crippen LogP contribution is -2.15. The Bertz CT molecular complexity index is 1000. The van der Waals surface area contributed by atoms with Gasteiger partial charge in [0.1, 0.15) is 0 Å². The summed E-state index contributed by atoms with van der Waals surface area (Å²) in [5.74, 6) is -0.207. The van der Waals surface area contributed by atoms with Gasteiger partial charge >= 0.3 is 0 Å². The van der Waals surface area contributed by atoms with Crippen LogP contribution in [-0.4, -0.2) is 10.9 Å². The van der Waals surface area contributed by atoms with E-state index in [9.17, 15) is 10.1 Å². The van der Waals surface area contributed by atoms with Crippen molar-refractivity contribution in [2.24, 2.45) is 0 Å². The average Bonchev–Trinajstić information content (AvgIpc) is 2.69. The summed E-state index contributed by atoms with van der Waals surface area (Å²) in [7, 11) is 0. The summed E-state index contributed by atoms with van der Waals surface area (Å²) >= 11 is 6.16. The van der Waals surface area contributed by atoms with Gasteiger partial charge in [-0.25, -0.2) is 0 Å². The number of aromatic nitrogens is 1. The topological polar surface area (TPSA) is 65.8 Å². The number of amides is 1. The summed E-state index contributed by atoms with van der Waals surface area (Å²) in [6.45, 7) is 3.71. The number of carbonyl (C=O) groups excluding carboxylic acids is 1. The van der Waals surface area contributed by atoms with E-state index in [1.165, 1.54) is 0 Å². The van der Waals surface area contributed by atoms with Gasteiger partial charge in [0, 0.05) is 23.0 Å². The van der Waals surface area contributed by atoms with Crippen LogP contribution in [0.3, 0.4) is 0 Å². The zero-order valence-corrected chi connectivity index (χ0v) is 15.8. The van der Waals surface area contributed by atoms with Crippen molar-refractivity contribution in [3.63, 3.8) is 0 Å². The van der Waals surface area contributed by atoms with Gasteiger partial charge < -0.3 is 5.32 Å². The summed E-state index contributed by atoms with van der Waals surface area (Å²) < 4.78 is 0. The van der Waals surface area contributed by atoms with E-state index in [1.54, 1.807) is 42.6 Å². The minimum atomic E-state index is -0.564. The van der Waals surface area contributed by atoms with Crippen LogP contribution in [0.2, 0.25) is 5.02 Å². The number of halogens is 1. The Balaban J connectivity index is 1.73. The first kappa shape index (κ1) is 18.6. The van der Waals surface area contributed by atoms with Crippen LogP contribution in [0.25, 0.3) is 11.3 Å². The Hall–Kier alpha value is -3.16. The van der Waals surface area contributed by atoms with Crippen molar-refractivity contribution >= 4 is 23.2 Å². The molecule has 0 saturated carbocycles. The molecule has 4 nitrogen and oxygen atoms in total. The summed E-state index contributed by atoms with van der Waals surface area (Å²) in [6.07, 6.45) is 1.68. The van der Waals surface area contributed by atoms with E-state index in [4.69, 9.17) is 11.6 Å². The number of hydrogen-bond donors (Lipinski definition) is 1. The zero-order chi connectivity index (χ0) is 19.4. The smallest absolute Gasteiger partial charge is 0.255 e. The van der Waals surface area contributed by atoms with Crippen LogP contribution in [0.1, 0.15) is 29.8 Å². The second kappa shape index (κ2) is 7.61. The van der Waals surface area contributed by atoms with Crippen LogP contribution >= 0.6 is 11.6 Å². The maximum absolute atomic E-state index is 12.5. The minimum Gasteiger partial charge on any atom is -0.322 e. The predicted octanol–water partition coefficient (Wildman–Crippen LogP) is 5.46. The minimum absolute atomic E-state index is 0.207. The van der Waals surface area contributed by atoms with E-state index in [0.29, 0.717) is 22.0 Å². The summed E-state index contributed by atoms with van der Waals surface area (Å²) in [5, 5.41) is 12.6. The Kier molecular flexibility index (Phi) is 5.25. The Morgan fingerprint density at radius 2 is 1.74 bits per heavy atom. The molecule has 0 unspecified atom stereocenters. The molecule has 5 heteroatoms. The monoisotopic (exact) mass is 375 g/mol. The molecule has 134 valence electrons. The first-order valence-corrected chi connectivity index (χ1v) is 8.82. The molecule has 0 atom stereocenters. The van der Waals surface area contributed by atoms with Crippen LogP contribution in [0.5, 0.6) is 0 Å². The van der Waals surface area contributed by atoms with E-state index < -0.39 is 5.41 Å². The van der Waals surface area contributed by atoms with Crippen LogP contribution in [0, 0.1) is 11.3 Å². The van der Waals surface area contributed by atoms with Crippen LogP contribution in [-0.2, 0) is 5.41 Å². The number of anilines is 1. The standard InChI is InChI=1S/C22H18ClN3O/c1-22(2,14-24)17-9-11-18(12-10-17)26-21(27)16-7-5-15(6-8-16)20-19(23)4-3-13-25-20/h3-13H,1-2H3,(H,26,27). The van der Waals surface area contributed by atoms with Gasteiger partial charge in [-0.1, -0.05) is 35.9 Å². The van der Waals surface area contributed by atoms with Crippen molar-refractivity contribution in [2.75, 3.05) is 5.32 Å². The van der Waals surface area contributed by atoms with Crippen LogP contribution in [0.15, 0.2) is 66.9 Å². The molecule has 3 aromatic rings. The van der Waals surface area contributed by atoms with E-state index >= 15 is 0 Å². The SMILES string of the molecule is CC(C)(C#N)c1ccc(NC(=O)c2ccc(-c3ncccc3Cl)cc2)cc1. The highest BCUT2D eigenvalue weighted by molar-refractivity contribution is 6.33. The number of nitriles is 1. The Morgan fingerprint density at radius 3 is 2.33 bits per heavy atom. The van der Waals surface area contributed by atoms with Crippen LogP contribution in [0.4, 0.5) is 5.69 Å². The molecule has 0 aliphatic rings. The maximum Gasteiger partial charge on any atom is 0.255 e. The molecule has 0 aliphatic carbocycles. The third-order valence-corrected chi connectivity index (χ3v) is 4.63. The number of pyridine rings is 1. The van der Waals surface area contributed by atoms with E-state index in [1.807, 2.05) is 38.1 Å². The summed E-state index contributed by atoms with van der Waals surface area (Å²) in [5.41, 5.74) is 3.08. The number of carbonyl (C=O) groups is 1. The van der Waals surface area contributed by atoms with Gasteiger partial charge in [0.15, 0.2) is 0 Å². The van der Waals surface area contributed by atoms with Gasteiger partial charge in [0.2, 0.25) is 0 Å². The number of benzene rings is 2. The lowest BCUT2D eigenvalue weighted by Gasteiger charge is -2.16. The molecule has 0 fully saturated rings. The number of hydrogen-bond acceptors (Lipinski definition) is 3. The highest BCUT2D eigenvalue weighted by Crippen LogP contribution is 2.26. The first-order valence-electron chi connectivity index (χ1n) is 8.45. The fourth-order valence-electron chi connectivity index (χ4n) is 2.62. The molecule has 0 spiro atoms. The normalized spacial score (nSPS) is 10.9. The third kappa shape index (κ3) is 4.16. The quantitative estimate of drug-likeness (QED) is 0.658. The highest BCUT2D eigenvalue weighted by Gasteiger charge is 2.19. The number of nitrogens with one attached hydrogen (secondary N) is 1. The molecule has 27 heavy (non-hydrogen) atoms. The Labute approximate surface area is 163 Å². The van der Waals surface area contributed by atoms with Gasteiger partial charge in [-0.2, -0.15) is 5.26 Å². The molecular formula is C22H18ClN3O. The fourth-order valence-corrected chi connectivity index (χ4v) is 2.85. The van der Waals surface area contributed by atoms with Crippen molar-refractivity contribution in [1.29, 1.82) is 5.26 Å². The van der Waals surface area contributed by atoms with Gasteiger partial charge in [0.05, 0.1) is 22.2 Å². The van der Waals surface area contributed by atoms with Gasteiger partial charge in [-0.15, -0.1) is 0 Å². The molecule has 0 aliphatic heterocycles. The molecule has 1 aromatic heterocycles. The zero-order valence-electron chi connectivity index (χ0n) is 15.0. The maximum atomic E-state index is 12.5. The fraction of sp³-hybridized carbons (Fsp3) is 0.136. The summed E-state index contributed by atoms with van der Waals surface area (Å²) in [6, 6.07) is 20.2. The summed E-state index contributed by atoms with van der Waals surface area (Å²) in [4.78, 5) is 16.7. The molecular weight excluding hydrogens is 358 g/mol. The van der Waals surface area contributed by atoms with E-state index in [0.717, 1.165) is 11.1 Å². The van der Waals surface area contributed by atoms with Crippen LogP contribution < -0.4 is 5.32 Å². The average molecular weight is 376 g/mol. The van der Waals surface area contributed by atoms with E-state index in [2.05, 4.69) is 16.4 Å². The number of nitrogens with zero attached hydrogens (tertiary/aromatic N) is 2. The molecule has 0 bridgehead atoms. The van der Waals surface area contributed by atoms with Crippen molar-refractivity contribution in [3.8, 4) is 17.3 Å². The third-order valence-electron chi connectivity index (χ3n) is 4.32. The second-order valence-electron chi connectivity index (χ2n) is 6.68. The molecule has 1 amide bonds. The molecule has 2 aromatic carbocycles. The van der Waals surface area contributed by atoms with Crippen molar-refractivity contribution in [2.45, 2.75) is 19.3 Å². The second-order valence-corrected chi connectivity index (χ2v) is 7.09. The predicted molar refractivity (Wildman–Crippen MR) is 108 cm³/mol. The highest BCUT2D eigenvalue weighted by atomic mass is 35.5. The lowest BCUT2D eigenvalue weighted by atomic mass is 9.86. The molecule has 1 heterocycles. The first-order chi connectivity index (χ1) is 12.9. The molecule has 1 N–H and O–H groups in total. The van der Waals surface area contributed by atoms with E-state index in [-0.39, 0.29) is 5.91 Å². The largest absolute Gasteiger partial charge is 0.322 e.